The summed E-state index contributed by atoms with van der Waals surface area (Å²) >= 11 is 0. The molecular formula is C14H21NO2. The lowest BCUT2D eigenvalue weighted by Gasteiger charge is -2.38. The number of nitrogens with zero attached hydrogens (tertiary/aromatic N) is 1. The first-order chi connectivity index (χ1) is 8.24. The molecule has 3 unspecified atom stereocenters. The average molecular weight is 235 g/mol. The summed E-state index contributed by atoms with van der Waals surface area (Å²) in [5.41, 5.74) is 0. The second-order valence-electron chi connectivity index (χ2n) is 5.63. The van der Waals surface area contributed by atoms with Crippen molar-refractivity contribution in [2.75, 3.05) is 7.05 Å². The molecule has 2 aliphatic heterocycles. The van der Waals surface area contributed by atoms with E-state index in [-0.39, 0.29) is 6.10 Å². The molecule has 94 valence electrons. The molecular weight excluding hydrogens is 214 g/mol. The molecule has 3 nitrogen and oxygen atoms in total. The van der Waals surface area contributed by atoms with E-state index >= 15 is 0 Å². The van der Waals surface area contributed by atoms with Gasteiger partial charge in [-0.25, -0.2) is 0 Å². The average Bonchev–Trinajstić information content (AvgIpc) is 2.86. The predicted molar refractivity (Wildman–Crippen MR) is 65.7 cm³/mol. The lowest BCUT2D eigenvalue weighted by Crippen LogP contribution is -2.43. The summed E-state index contributed by atoms with van der Waals surface area (Å²) in [6.07, 6.45) is 7.03. The Balaban J connectivity index is 1.62. The molecule has 3 heterocycles. The van der Waals surface area contributed by atoms with Crippen LogP contribution in [-0.2, 0) is 6.42 Å². The highest BCUT2D eigenvalue weighted by atomic mass is 16.3. The van der Waals surface area contributed by atoms with E-state index in [9.17, 15) is 5.11 Å². The smallest absolute Gasteiger partial charge is 0.106 e. The Hall–Kier alpha value is -0.800. The first-order valence-electron chi connectivity index (χ1n) is 6.66. The van der Waals surface area contributed by atoms with Crippen LogP contribution in [0.15, 0.2) is 22.8 Å². The Morgan fingerprint density at radius 3 is 2.71 bits per heavy atom. The molecule has 2 aliphatic rings. The van der Waals surface area contributed by atoms with Crippen LogP contribution in [-0.4, -0.2) is 35.2 Å². The molecule has 3 atom stereocenters. The minimum absolute atomic E-state index is 0.238. The highest BCUT2D eigenvalue weighted by Gasteiger charge is 2.40. The van der Waals surface area contributed by atoms with E-state index < -0.39 is 0 Å². The van der Waals surface area contributed by atoms with Crippen molar-refractivity contribution in [3.63, 3.8) is 0 Å². The Kier molecular flexibility index (Phi) is 2.97. The van der Waals surface area contributed by atoms with Crippen LogP contribution in [0.4, 0.5) is 0 Å². The lowest BCUT2D eigenvalue weighted by molar-refractivity contribution is 0.0341. The molecule has 1 aromatic heterocycles. The van der Waals surface area contributed by atoms with Crippen molar-refractivity contribution < 1.29 is 9.52 Å². The van der Waals surface area contributed by atoms with E-state index in [1.807, 2.05) is 12.1 Å². The van der Waals surface area contributed by atoms with Gasteiger partial charge in [0.25, 0.3) is 0 Å². The lowest BCUT2D eigenvalue weighted by atomic mass is 9.85. The summed E-state index contributed by atoms with van der Waals surface area (Å²) in [6.45, 7) is 0. The second kappa shape index (κ2) is 4.46. The Morgan fingerprint density at radius 1 is 1.41 bits per heavy atom. The molecule has 0 aliphatic carbocycles. The minimum Gasteiger partial charge on any atom is -0.469 e. The minimum atomic E-state index is -0.238. The molecule has 3 heteroatoms. The zero-order chi connectivity index (χ0) is 11.8. The van der Waals surface area contributed by atoms with Crippen molar-refractivity contribution in [3.8, 4) is 0 Å². The van der Waals surface area contributed by atoms with Crippen molar-refractivity contribution in [2.45, 2.75) is 50.3 Å². The van der Waals surface area contributed by atoms with Crippen molar-refractivity contribution >= 4 is 0 Å². The highest BCUT2D eigenvalue weighted by molar-refractivity contribution is 5.02. The van der Waals surface area contributed by atoms with Gasteiger partial charge in [0.1, 0.15) is 5.76 Å². The summed E-state index contributed by atoms with van der Waals surface area (Å²) in [6, 6.07) is 5.24. The van der Waals surface area contributed by atoms with Crippen LogP contribution in [0.25, 0.3) is 0 Å². The molecule has 2 saturated heterocycles. The first kappa shape index (κ1) is 11.3. The number of aliphatic hydroxyl groups is 1. The van der Waals surface area contributed by atoms with Gasteiger partial charge in [-0.2, -0.15) is 0 Å². The number of piperidine rings is 1. The maximum Gasteiger partial charge on any atom is 0.106 e. The summed E-state index contributed by atoms with van der Waals surface area (Å²) < 4.78 is 5.31. The number of furan rings is 1. The van der Waals surface area contributed by atoms with Crippen LogP contribution in [0, 0.1) is 5.92 Å². The molecule has 0 saturated carbocycles. The monoisotopic (exact) mass is 235 g/mol. The van der Waals surface area contributed by atoms with E-state index in [0.29, 0.717) is 24.4 Å². The topological polar surface area (TPSA) is 36.6 Å². The Bertz CT molecular complexity index is 348. The van der Waals surface area contributed by atoms with E-state index in [2.05, 4.69) is 11.9 Å². The third kappa shape index (κ3) is 2.14. The molecule has 0 radical (unpaired) electrons. The van der Waals surface area contributed by atoms with E-state index in [1.54, 1.807) is 6.26 Å². The summed E-state index contributed by atoms with van der Waals surface area (Å²) in [7, 11) is 2.23. The van der Waals surface area contributed by atoms with Crippen LogP contribution >= 0.6 is 0 Å². The maximum absolute atomic E-state index is 10.3. The SMILES string of the molecule is CN1C2CCC1CC(C(O)Cc1ccco1)C2. The molecule has 1 N–H and O–H groups in total. The maximum atomic E-state index is 10.3. The third-order valence-corrected chi connectivity index (χ3v) is 4.67. The second-order valence-corrected chi connectivity index (χ2v) is 5.63. The summed E-state index contributed by atoms with van der Waals surface area (Å²) in [4.78, 5) is 2.51. The van der Waals surface area contributed by atoms with Gasteiger partial charge in [-0.05, 0) is 50.8 Å². The van der Waals surface area contributed by atoms with Crippen LogP contribution in [0.2, 0.25) is 0 Å². The van der Waals surface area contributed by atoms with Crippen molar-refractivity contribution in [1.29, 1.82) is 0 Å². The fourth-order valence-corrected chi connectivity index (χ4v) is 3.57. The summed E-state index contributed by atoms with van der Waals surface area (Å²) in [5.74, 6) is 1.36. The summed E-state index contributed by atoms with van der Waals surface area (Å²) in [5, 5.41) is 10.3. The van der Waals surface area contributed by atoms with Gasteiger partial charge in [-0.15, -0.1) is 0 Å². The molecule has 17 heavy (non-hydrogen) atoms. The van der Waals surface area contributed by atoms with E-state index in [4.69, 9.17) is 4.42 Å². The van der Waals surface area contributed by atoms with Gasteiger partial charge in [0.05, 0.1) is 12.4 Å². The largest absolute Gasteiger partial charge is 0.469 e. The quantitative estimate of drug-likeness (QED) is 0.871. The number of fused-ring (bicyclic) bond motifs is 2. The fraction of sp³-hybridized carbons (Fsp3) is 0.714. The predicted octanol–water partition coefficient (Wildman–Crippen LogP) is 2.06. The van der Waals surface area contributed by atoms with Crippen LogP contribution in [0.5, 0.6) is 0 Å². The van der Waals surface area contributed by atoms with E-state index in [0.717, 1.165) is 18.6 Å². The van der Waals surface area contributed by atoms with Crippen molar-refractivity contribution in [3.05, 3.63) is 24.2 Å². The van der Waals surface area contributed by atoms with Gasteiger partial charge in [0, 0.05) is 18.5 Å². The number of rotatable bonds is 3. The molecule has 0 spiro atoms. The van der Waals surface area contributed by atoms with Gasteiger partial charge >= 0.3 is 0 Å². The molecule has 0 amide bonds. The standard InChI is InChI=1S/C14H21NO2/c1-15-11-4-5-12(15)8-10(7-11)14(16)9-13-3-2-6-17-13/h2-3,6,10-12,14,16H,4-5,7-9H2,1H3. The van der Waals surface area contributed by atoms with Crippen LogP contribution in [0.1, 0.15) is 31.4 Å². The molecule has 1 aromatic rings. The number of hydrogen-bond acceptors (Lipinski definition) is 3. The number of aliphatic hydroxyl groups excluding tert-OH is 1. The van der Waals surface area contributed by atoms with E-state index in [1.165, 1.54) is 12.8 Å². The van der Waals surface area contributed by atoms with Crippen molar-refractivity contribution in [2.24, 2.45) is 5.92 Å². The van der Waals surface area contributed by atoms with Gasteiger partial charge < -0.3 is 14.4 Å². The fourth-order valence-electron chi connectivity index (χ4n) is 3.57. The molecule has 3 rings (SSSR count). The third-order valence-electron chi connectivity index (χ3n) is 4.67. The zero-order valence-corrected chi connectivity index (χ0v) is 10.4. The molecule has 2 bridgehead atoms. The van der Waals surface area contributed by atoms with Crippen LogP contribution in [0.3, 0.4) is 0 Å². The van der Waals surface area contributed by atoms with Gasteiger partial charge in [-0.3, -0.25) is 0 Å². The normalized spacial score (nSPS) is 35.1. The number of hydrogen-bond donors (Lipinski definition) is 1. The first-order valence-corrected chi connectivity index (χ1v) is 6.66. The van der Waals surface area contributed by atoms with Gasteiger partial charge in [0.15, 0.2) is 0 Å². The van der Waals surface area contributed by atoms with Gasteiger partial charge in [-0.1, -0.05) is 0 Å². The zero-order valence-electron chi connectivity index (χ0n) is 10.4. The molecule has 2 fully saturated rings. The highest BCUT2D eigenvalue weighted by Crippen LogP contribution is 2.39. The van der Waals surface area contributed by atoms with Crippen molar-refractivity contribution in [1.82, 2.24) is 4.90 Å². The molecule has 0 aromatic carbocycles. The van der Waals surface area contributed by atoms with Crippen LogP contribution < -0.4 is 0 Å². The van der Waals surface area contributed by atoms with Gasteiger partial charge in [0.2, 0.25) is 0 Å². The Labute approximate surface area is 102 Å². The Morgan fingerprint density at radius 2 is 2.12 bits per heavy atom.